The van der Waals surface area contributed by atoms with Gasteiger partial charge in [-0.05, 0) is 18.3 Å². The molecule has 0 radical (unpaired) electrons. The van der Waals surface area contributed by atoms with Crippen molar-refractivity contribution in [3.8, 4) is 0 Å². The van der Waals surface area contributed by atoms with Gasteiger partial charge in [-0.2, -0.15) is 0 Å². The summed E-state index contributed by atoms with van der Waals surface area (Å²) in [5.74, 6) is 0.947. The highest BCUT2D eigenvalue weighted by atomic mass is 16.7. The van der Waals surface area contributed by atoms with Crippen LogP contribution >= 0.6 is 0 Å². The predicted molar refractivity (Wildman–Crippen MR) is 99.6 cm³/mol. The quantitative estimate of drug-likeness (QED) is 0.253. The van der Waals surface area contributed by atoms with Crippen LogP contribution in [0.4, 0.5) is 0 Å². The third kappa shape index (κ3) is 6.30. The molecule has 10 nitrogen and oxygen atoms in total. The zero-order valence-electron chi connectivity index (χ0n) is 17.2. The van der Waals surface area contributed by atoms with Gasteiger partial charge in [-0.3, -0.25) is 0 Å². The van der Waals surface area contributed by atoms with Crippen LogP contribution in [0.5, 0.6) is 0 Å². The van der Waals surface area contributed by atoms with E-state index in [-0.39, 0.29) is 13.2 Å². The second kappa shape index (κ2) is 11.3. The Kier molecular flexibility index (Phi) is 9.68. The molecule has 2 fully saturated rings. The normalized spacial score (nSPS) is 42.2. The molecule has 29 heavy (non-hydrogen) atoms. The van der Waals surface area contributed by atoms with E-state index in [9.17, 15) is 30.6 Å². The van der Waals surface area contributed by atoms with Crippen LogP contribution < -0.4 is 0 Å². The minimum atomic E-state index is -1.50. The van der Waals surface area contributed by atoms with Crippen molar-refractivity contribution in [1.29, 1.82) is 0 Å². The van der Waals surface area contributed by atoms with Crippen molar-refractivity contribution in [3.05, 3.63) is 0 Å². The fraction of sp³-hybridized carbons (Fsp3) is 1.00. The maximum absolute atomic E-state index is 10.2. The van der Waals surface area contributed by atoms with Crippen LogP contribution in [0.25, 0.3) is 0 Å². The van der Waals surface area contributed by atoms with E-state index in [0.29, 0.717) is 18.4 Å². The molecule has 0 aromatic carbocycles. The van der Waals surface area contributed by atoms with Gasteiger partial charge in [0.15, 0.2) is 12.6 Å². The first-order valence-corrected chi connectivity index (χ1v) is 10.3. The summed E-state index contributed by atoms with van der Waals surface area (Å²) >= 11 is 0. The van der Waals surface area contributed by atoms with Crippen molar-refractivity contribution >= 4 is 0 Å². The average Bonchev–Trinajstić information content (AvgIpc) is 2.69. The summed E-state index contributed by atoms with van der Waals surface area (Å²) in [5, 5.41) is 59.5. The topological polar surface area (TPSA) is 158 Å². The maximum atomic E-state index is 10.2. The first-order chi connectivity index (χ1) is 13.7. The minimum Gasteiger partial charge on any atom is -0.388 e. The second-order valence-electron chi connectivity index (χ2n) is 8.17. The van der Waals surface area contributed by atoms with Crippen molar-refractivity contribution in [2.45, 2.75) is 88.9 Å². The molecule has 6 N–H and O–H groups in total. The van der Waals surface area contributed by atoms with Gasteiger partial charge in [0.25, 0.3) is 0 Å². The van der Waals surface area contributed by atoms with Gasteiger partial charge in [0.2, 0.25) is 0 Å². The Morgan fingerprint density at radius 2 is 1.52 bits per heavy atom. The van der Waals surface area contributed by atoms with Crippen LogP contribution in [-0.4, -0.2) is 106 Å². The summed E-state index contributed by atoms with van der Waals surface area (Å²) in [6, 6.07) is 0. The van der Waals surface area contributed by atoms with E-state index < -0.39 is 55.3 Å². The lowest BCUT2D eigenvalue weighted by atomic mass is 9.90. The van der Waals surface area contributed by atoms with Crippen LogP contribution in [0, 0.1) is 11.8 Å². The Morgan fingerprint density at radius 3 is 2.14 bits per heavy atom. The van der Waals surface area contributed by atoms with Gasteiger partial charge in [-0.1, -0.05) is 27.2 Å². The molecule has 0 saturated carbocycles. The Bertz CT molecular complexity index is 478. The summed E-state index contributed by atoms with van der Waals surface area (Å²) in [7, 11) is 0. The molecule has 0 amide bonds. The first kappa shape index (κ1) is 24.9. The first-order valence-electron chi connectivity index (χ1n) is 10.3. The zero-order chi connectivity index (χ0) is 21.7. The van der Waals surface area contributed by atoms with Gasteiger partial charge >= 0.3 is 0 Å². The van der Waals surface area contributed by atoms with Gasteiger partial charge in [-0.15, -0.1) is 0 Å². The standard InChI is InChI=1S/C19H36O10/c1-4-10(9(2)3)5-6-26-19-17(25)15(23)14(22)12(29-19)8-28-18-16(24)13(21)11(20)7-27-18/h9-25H,4-8H2,1-3H3/t10-,11+,12-,13+,14-,15+,16-,17-,18-,19-/m1/s1. The predicted octanol–water partition coefficient (Wildman–Crippen LogP) is -1.66. The summed E-state index contributed by atoms with van der Waals surface area (Å²) in [5.41, 5.74) is 0. The summed E-state index contributed by atoms with van der Waals surface area (Å²) in [6.45, 7) is 6.17. The molecule has 0 aromatic rings. The molecule has 0 aromatic heterocycles. The molecule has 172 valence electrons. The highest BCUT2D eigenvalue weighted by molar-refractivity contribution is 4.90. The molecular formula is C19H36O10. The molecule has 0 aliphatic carbocycles. The lowest BCUT2D eigenvalue weighted by Gasteiger charge is -2.41. The van der Waals surface area contributed by atoms with E-state index in [0.717, 1.165) is 12.8 Å². The van der Waals surface area contributed by atoms with Crippen molar-refractivity contribution < 1.29 is 49.6 Å². The molecule has 0 unspecified atom stereocenters. The SMILES string of the molecule is CC[C@H](CCO[C@@H]1O[C@H](CO[C@H]2OC[C@H](O)[C@H](O)[C@H]2O)[C@@H](O)[C@H](O)[C@H]1O)C(C)C. The largest absolute Gasteiger partial charge is 0.388 e. The fourth-order valence-corrected chi connectivity index (χ4v) is 3.65. The van der Waals surface area contributed by atoms with Crippen LogP contribution in [0.15, 0.2) is 0 Å². The number of hydrogen-bond acceptors (Lipinski definition) is 10. The lowest BCUT2D eigenvalue weighted by Crippen LogP contribution is -2.60. The van der Waals surface area contributed by atoms with Crippen molar-refractivity contribution in [2.24, 2.45) is 11.8 Å². The Labute approximate surface area is 171 Å². The molecule has 0 bridgehead atoms. The van der Waals surface area contributed by atoms with Gasteiger partial charge in [0.1, 0.15) is 42.7 Å². The van der Waals surface area contributed by atoms with E-state index in [1.165, 1.54) is 0 Å². The van der Waals surface area contributed by atoms with Gasteiger partial charge in [0.05, 0.1) is 19.8 Å². The molecule has 10 heteroatoms. The summed E-state index contributed by atoms with van der Waals surface area (Å²) < 4.78 is 21.7. The molecule has 2 aliphatic rings. The monoisotopic (exact) mass is 424 g/mol. The van der Waals surface area contributed by atoms with Gasteiger partial charge in [0, 0.05) is 0 Å². The highest BCUT2D eigenvalue weighted by Crippen LogP contribution is 2.25. The van der Waals surface area contributed by atoms with Gasteiger partial charge in [-0.25, -0.2) is 0 Å². The van der Waals surface area contributed by atoms with E-state index in [1.807, 2.05) is 0 Å². The molecular weight excluding hydrogens is 388 g/mol. The number of aliphatic hydroxyl groups is 6. The van der Waals surface area contributed by atoms with Crippen LogP contribution in [0.1, 0.15) is 33.6 Å². The maximum Gasteiger partial charge on any atom is 0.186 e. The Hall–Kier alpha value is -0.400. The van der Waals surface area contributed by atoms with Crippen molar-refractivity contribution in [3.63, 3.8) is 0 Å². The van der Waals surface area contributed by atoms with Crippen LogP contribution in [0.3, 0.4) is 0 Å². The average molecular weight is 424 g/mol. The number of rotatable bonds is 9. The minimum absolute atomic E-state index is 0.224. The van der Waals surface area contributed by atoms with Crippen LogP contribution in [0.2, 0.25) is 0 Å². The molecule has 2 rings (SSSR count). The third-order valence-electron chi connectivity index (χ3n) is 5.79. The Balaban J connectivity index is 1.87. The molecule has 2 aliphatic heterocycles. The highest BCUT2D eigenvalue weighted by Gasteiger charge is 2.45. The number of aliphatic hydroxyl groups excluding tert-OH is 6. The molecule has 0 spiro atoms. The Morgan fingerprint density at radius 1 is 0.862 bits per heavy atom. The smallest absolute Gasteiger partial charge is 0.186 e. The van der Waals surface area contributed by atoms with Crippen LogP contribution in [-0.2, 0) is 18.9 Å². The summed E-state index contributed by atoms with van der Waals surface area (Å²) in [4.78, 5) is 0. The van der Waals surface area contributed by atoms with E-state index in [4.69, 9.17) is 18.9 Å². The molecule has 2 heterocycles. The zero-order valence-corrected chi connectivity index (χ0v) is 17.2. The van der Waals surface area contributed by atoms with Crippen molar-refractivity contribution in [2.75, 3.05) is 19.8 Å². The van der Waals surface area contributed by atoms with Crippen molar-refractivity contribution in [1.82, 2.24) is 0 Å². The number of hydrogen-bond donors (Lipinski definition) is 6. The van der Waals surface area contributed by atoms with Gasteiger partial charge < -0.3 is 49.6 Å². The third-order valence-corrected chi connectivity index (χ3v) is 5.79. The molecule has 10 atom stereocenters. The fourth-order valence-electron chi connectivity index (χ4n) is 3.65. The van der Waals surface area contributed by atoms with E-state index in [1.54, 1.807) is 0 Å². The lowest BCUT2D eigenvalue weighted by molar-refractivity contribution is -0.321. The number of ether oxygens (including phenoxy) is 4. The van der Waals surface area contributed by atoms with E-state index in [2.05, 4.69) is 20.8 Å². The second-order valence-corrected chi connectivity index (χ2v) is 8.17. The summed E-state index contributed by atoms with van der Waals surface area (Å²) in [6.07, 6.45) is -10.2. The molecule has 2 saturated heterocycles. The van der Waals surface area contributed by atoms with E-state index >= 15 is 0 Å².